The van der Waals surface area contributed by atoms with E-state index in [1.54, 1.807) is 0 Å². The highest BCUT2D eigenvalue weighted by Crippen LogP contribution is 2.55. The Bertz CT molecular complexity index is 377. The molecule has 2 aliphatic rings. The number of thioether (sulfide) groups is 1. The summed E-state index contributed by atoms with van der Waals surface area (Å²) in [5.41, 5.74) is 7.57. The molecule has 1 aromatic carbocycles. The van der Waals surface area contributed by atoms with E-state index in [1.165, 1.54) is 44.1 Å². The molecule has 1 aromatic rings. The third-order valence-corrected chi connectivity index (χ3v) is 6.40. The van der Waals surface area contributed by atoms with Crippen LogP contribution in [0.4, 0.5) is 0 Å². The van der Waals surface area contributed by atoms with E-state index in [0.29, 0.717) is 4.75 Å². The van der Waals surface area contributed by atoms with E-state index in [2.05, 4.69) is 42.1 Å². The molecule has 1 nitrogen and oxygen atoms in total. The van der Waals surface area contributed by atoms with Gasteiger partial charge in [-0.05, 0) is 37.2 Å². The Labute approximate surface area is 115 Å². The topological polar surface area (TPSA) is 26.0 Å². The predicted molar refractivity (Wildman–Crippen MR) is 80.0 cm³/mol. The normalized spacial score (nSPS) is 32.4. The molecule has 0 heterocycles. The number of benzene rings is 1. The van der Waals surface area contributed by atoms with E-state index in [9.17, 15) is 0 Å². The summed E-state index contributed by atoms with van der Waals surface area (Å²) in [4.78, 5) is 0. The molecule has 0 saturated heterocycles. The molecule has 0 spiro atoms. The summed E-state index contributed by atoms with van der Waals surface area (Å²) in [6, 6.07) is 11.0. The molecule has 2 fully saturated rings. The summed E-state index contributed by atoms with van der Waals surface area (Å²) in [5.74, 6) is 0.753. The Kier molecular flexibility index (Phi) is 3.67. The van der Waals surface area contributed by atoms with Gasteiger partial charge < -0.3 is 5.73 Å². The van der Waals surface area contributed by atoms with Crippen LogP contribution in [-0.2, 0) is 0 Å². The Morgan fingerprint density at radius 3 is 2.39 bits per heavy atom. The van der Waals surface area contributed by atoms with Crippen LogP contribution >= 0.6 is 11.8 Å². The van der Waals surface area contributed by atoms with Crippen LogP contribution in [0.3, 0.4) is 0 Å². The van der Waals surface area contributed by atoms with E-state index in [0.717, 1.165) is 17.7 Å². The lowest BCUT2D eigenvalue weighted by atomic mass is 9.70. The second kappa shape index (κ2) is 5.26. The highest BCUT2D eigenvalue weighted by atomic mass is 32.2. The van der Waals surface area contributed by atoms with Crippen LogP contribution in [-0.4, -0.2) is 16.5 Å². The van der Waals surface area contributed by atoms with Gasteiger partial charge in [0.25, 0.3) is 0 Å². The minimum atomic E-state index is 0.398. The van der Waals surface area contributed by atoms with Gasteiger partial charge in [0.1, 0.15) is 0 Å². The Hall–Kier alpha value is -0.470. The minimum Gasteiger partial charge on any atom is -0.329 e. The van der Waals surface area contributed by atoms with Crippen molar-refractivity contribution in [2.45, 2.75) is 54.4 Å². The van der Waals surface area contributed by atoms with Crippen LogP contribution in [0.2, 0.25) is 0 Å². The molecule has 0 unspecified atom stereocenters. The number of hydrogen-bond donors (Lipinski definition) is 1. The van der Waals surface area contributed by atoms with Crippen LogP contribution in [0.1, 0.15) is 50.0 Å². The van der Waals surface area contributed by atoms with Gasteiger partial charge in [0.05, 0.1) is 0 Å². The van der Waals surface area contributed by atoms with Gasteiger partial charge in [0, 0.05) is 16.5 Å². The molecular formula is C16H23NS. The first-order chi connectivity index (χ1) is 8.81. The Morgan fingerprint density at radius 2 is 1.78 bits per heavy atom. The maximum absolute atomic E-state index is 6.07. The van der Waals surface area contributed by atoms with Crippen LogP contribution < -0.4 is 5.73 Å². The summed E-state index contributed by atoms with van der Waals surface area (Å²) >= 11 is 2.21. The highest BCUT2D eigenvalue weighted by Gasteiger charge is 2.45. The van der Waals surface area contributed by atoms with Gasteiger partial charge in [0.15, 0.2) is 0 Å². The van der Waals surface area contributed by atoms with E-state index in [1.807, 2.05) is 0 Å². The molecule has 98 valence electrons. The van der Waals surface area contributed by atoms with Gasteiger partial charge in [-0.1, -0.05) is 43.2 Å². The molecule has 2 aliphatic carbocycles. The standard InChI is InChI=1S/C16H23NS/c17-12-16(18-15-8-4-5-9-15)10-14(11-16)13-6-2-1-3-7-13/h1-3,6-7,14-15H,4-5,8-12,17H2. The summed E-state index contributed by atoms with van der Waals surface area (Å²) < 4.78 is 0.398. The maximum Gasteiger partial charge on any atom is 0.0296 e. The lowest BCUT2D eigenvalue weighted by Gasteiger charge is -2.48. The van der Waals surface area contributed by atoms with Gasteiger partial charge in [0.2, 0.25) is 0 Å². The molecule has 0 atom stereocenters. The van der Waals surface area contributed by atoms with E-state index >= 15 is 0 Å². The second-order valence-corrected chi connectivity index (χ2v) is 7.70. The summed E-state index contributed by atoms with van der Waals surface area (Å²) in [6.07, 6.45) is 8.27. The van der Waals surface area contributed by atoms with Gasteiger partial charge in [-0.3, -0.25) is 0 Å². The van der Waals surface area contributed by atoms with Crippen molar-refractivity contribution < 1.29 is 0 Å². The molecule has 0 aromatic heterocycles. The minimum absolute atomic E-state index is 0.398. The zero-order valence-corrected chi connectivity index (χ0v) is 11.8. The van der Waals surface area contributed by atoms with E-state index < -0.39 is 0 Å². The fourth-order valence-electron chi connectivity index (χ4n) is 3.47. The van der Waals surface area contributed by atoms with Crippen LogP contribution in [0.5, 0.6) is 0 Å². The van der Waals surface area contributed by atoms with E-state index in [4.69, 9.17) is 5.73 Å². The van der Waals surface area contributed by atoms with Crippen molar-refractivity contribution in [2.24, 2.45) is 5.73 Å². The predicted octanol–water partition coefficient (Wildman–Crippen LogP) is 3.94. The maximum atomic E-state index is 6.07. The first-order valence-corrected chi connectivity index (χ1v) is 8.12. The zero-order chi connectivity index (χ0) is 12.4. The molecule has 2 saturated carbocycles. The number of nitrogens with two attached hydrogens (primary N) is 1. The first kappa shape index (κ1) is 12.6. The van der Waals surface area contributed by atoms with Crippen LogP contribution in [0.15, 0.2) is 30.3 Å². The van der Waals surface area contributed by atoms with Crippen molar-refractivity contribution in [2.75, 3.05) is 6.54 Å². The molecule has 18 heavy (non-hydrogen) atoms. The number of hydrogen-bond acceptors (Lipinski definition) is 2. The fourth-order valence-corrected chi connectivity index (χ4v) is 5.44. The third-order valence-electron chi connectivity index (χ3n) is 4.60. The quantitative estimate of drug-likeness (QED) is 0.888. The van der Waals surface area contributed by atoms with Gasteiger partial charge in [-0.2, -0.15) is 11.8 Å². The SMILES string of the molecule is NCC1(SC2CCCC2)CC(c2ccccc2)C1. The molecule has 3 rings (SSSR count). The molecule has 0 aliphatic heterocycles. The third kappa shape index (κ3) is 2.46. The molecule has 0 bridgehead atoms. The number of rotatable bonds is 4. The largest absolute Gasteiger partial charge is 0.329 e. The summed E-state index contributed by atoms with van der Waals surface area (Å²) in [7, 11) is 0. The Balaban J connectivity index is 1.60. The smallest absolute Gasteiger partial charge is 0.0296 e. The lowest BCUT2D eigenvalue weighted by molar-refractivity contribution is 0.311. The fraction of sp³-hybridized carbons (Fsp3) is 0.625. The van der Waals surface area contributed by atoms with Gasteiger partial charge in [-0.25, -0.2) is 0 Å². The van der Waals surface area contributed by atoms with Crippen LogP contribution in [0.25, 0.3) is 0 Å². The average molecular weight is 261 g/mol. The molecule has 2 N–H and O–H groups in total. The van der Waals surface area contributed by atoms with Crippen LogP contribution in [0, 0.1) is 0 Å². The second-order valence-electron chi connectivity index (χ2n) is 5.93. The van der Waals surface area contributed by atoms with Crippen molar-refractivity contribution in [3.8, 4) is 0 Å². The first-order valence-electron chi connectivity index (χ1n) is 7.24. The van der Waals surface area contributed by atoms with Crippen molar-refractivity contribution in [1.29, 1.82) is 0 Å². The van der Waals surface area contributed by atoms with Crippen molar-refractivity contribution in [3.63, 3.8) is 0 Å². The molecule has 0 amide bonds. The van der Waals surface area contributed by atoms with E-state index in [-0.39, 0.29) is 0 Å². The van der Waals surface area contributed by atoms with Gasteiger partial charge in [-0.15, -0.1) is 0 Å². The van der Waals surface area contributed by atoms with Gasteiger partial charge >= 0.3 is 0 Å². The Morgan fingerprint density at radius 1 is 1.11 bits per heavy atom. The highest BCUT2D eigenvalue weighted by molar-refractivity contribution is 8.01. The molecular weight excluding hydrogens is 238 g/mol. The average Bonchev–Trinajstić information content (AvgIpc) is 2.87. The van der Waals surface area contributed by atoms with Crippen molar-refractivity contribution in [3.05, 3.63) is 35.9 Å². The monoisotopic (exact) mass is 261 g/mol. The van der Waals surface area contributed by atoms with Crippen molar-refractivity contribution in [1.82, 2.24) is 0 Å². The molecule has 0 radical (unpaired) electrons. The zero-order valence-electron chi connectivity index (χ0n) is 11.0. The van der Waals surface area contributed by atoms with Crippen molar-refractivity contribution >= 4 is 11.8 Å². The summed E-state index contributed by atoms with van der Waals surface area (Å²) in [5, 5.41) is 0.894. The lowest BCUT2D eigenvalue weighted by Crippen LogP contribution is -2.46. The molecule has 2 heteroatoms. The summed E-state index contributed by atoms with van der Waals surface area (Å²) in [6.45, 7) is 0.859.